The second-order valence-electron chi connectivity index (χ2n) is 5.05. The van der Waals surface area contributed by atoms with Crippen LogP contribution in [-0.4, -0.2) is 27.1 Å². The number of rotatable bonds is 6. The maximum absolute atomic E-state index is 12.4. The molecule has 1 aromatic carbocycles. The van der Waals surface area contributed by atoms with Crippen molar-refractivity contribution in [2.75, 3.05) is 5.32 Å². The van der Waals surface area contributed by atoms with Crippen molar-refractivity contribution < 1.29 is 9.59 Å². The van der Waals surface area contributed by atoms with E-state index in [1.54, 1.807) is 29.8 Å². The molecule has 1 heterocycles. The number of thioether (sulfide) groups is 1. The fourth-order valence-corrected chi connectivity index (χ4v) is 3.36. The lowest BCUT2D eigenvalue weighted by Crippen LogP contribution is -2.18. The topological polar surface area (TPSA) is 72.0 Å². The van der Waals surface area contributed by atoms with Crippen LogP contribution in [-0.2, 0) is 4.79 Å². The second-order valence-corrected chi connectivity index (χ2v) is 7.47. The first-order valence-electron chi connectivity index (χ1n) is 6.85. The molecule has 0 saturated carbocycles. The number of nitrogens with one attached hydrogen (secondary N) is 1. The van der Waals surface area contributed by atoms with Gasteiger partial charge in [0.25, 0.3) is 0 Å². The van der Waals surface area contributed by atoms with E-state index in [1.807, 2.05) is 20.8 Å². The number of anilines is 1. The number of ketones is 1. The predicted molar refractivity (Wildman–Crippen MR) is 89.5 cm³/mol. The molecule has 0 aliphatic heterocycles. The lowest BCUT2D eigenvalue weighted by atomic mass is 10.1. The highest BCUT2D eigenvalue weighted by Crippen LogP contribution is 2.26. The van der Waals surface area contributed by atoms with E-state index in [0.29, 0.717) is 11.3 Å². The largest absolute Gasteiger partial charge is 0.326 e. The second kappa shape index (κ2) is 7.51. The molecule has 2 rings (SSSR count). The Kier molecular flexibility index (Phi) is 5.68. The summed E-state index contributed by atoms with van der Waals surface area (Å²) in [7, 11) is 0. The summed E-state index contributed by atoms with van der Waals surface area (Å²) >= 11 is 2.81. The Morgan fingerprint density at radius 1 is 1.18 bits per heavy atom. The third-order valence-corrected chi connectivity index (χ3v) is 4.86. The zero-order valence-corrected chi connectivity index (χ0v) is 14.2. The van der Waals surface area contributed by atoms with Crippen molar-refractivity contribution in [2.24, 2.45) is 5.92 Å². The average Bonchev–Trinajstić information content (AvgIpc) is 3.00. The normalized spacial score (nSPS) is 12.2. The average molecular weight is 335 g/mol. The van der Waals surface area contributed by atoms with E-state index in [4.69, 9.17) is 0 Å². The van der Waals surface area contributed by atoms with Gasteiger partial charge in [-0.3, -0.25) is 9.59 Å². The molecule has 22 heavy (non-hydrogen) atoms. The molecule has 0 bridgehead atoms. The number of hydrogen-bond donors (Lipinski definition) is 1. The van der Waals surface area contributed by atoms with Crippen LogP contribution in [0.3, 0.4) is 0 Å². The van der Waals surface area contributed by atoms with Gasteiger partial charge in [0.1, 0.15) is 5.51 Å². The van der Waals surface area contributed by atoms with E-state index in [-0.39, 0.29) is 22.9 Å². The van der Waals surface area contributed by atoms with Crippen molar-refractivity contribution in [1.29, 1.82) is 0 Å². The van der Waals surface area contributed by atoms with Crippen LogP contribution in [0.1, 0.15) is 31.1 Å². The van der Waals surface area contributed by atoms with Gasteiger partial charge in [-0.25, -0.2) is 0 Å². The minimum Gasteiger partial charge on any atom is -0.326 e. The first kappa shape index (κ1) is 16.6. The number of Topliss-reactive ketones (excluding diaryl/α,β-unsaturated/α-hetero) is 1. The number of hydrogen-bond acceptors (Lipinski definition) is 6. The summed E-state index contributed by atoms with van der Waals surface area (Å²) in [6.45, 7) is 5.52. The fourth-order valence-electron chi connectivity index (χ4n) is 1.66. The number of carbonyl (C=O) groups is 2. The summed E-state index contributed by atoms with van der Waals surface area (Å²) in [4.78, 5) is 24.0. The molecule has 116 valence electrons. The Labute approximate surface area is 137 Å². The monoisotopic (exact) mass is 335 g/mol. The summed E-state index contributed by atoms with van der Waals surface area (Å²) in [5.74, 6) is -0.0918. The van der Waals surface area contributed by atoms with Gasteiger partial charge in [-0.2, -0.15) is 0 Å². The van der Waals surface area contributed by atoms with Gasteiger partial charge in [0.05, 0.1) is 5.25 Å². The van der Waals surface area contributed by atoms with Crippen LogP contribution in [0, 0.1) is 5.92 Å². The molecule has 0 aliphatic rings. The molecule has 0 radical (unpaired) electrons. The van der Waals surface area contributed by atoms with Gasteiger partial charge >= 0.3 is 0 Å². The Hall–Kier alpha value is -1.73. The predicted octanol–water partition coefficient (Wildman–Crippen LogP) is 3.50. The number of carbonyl (C=O) groups excluding carboxylic acids is 2. The van der Waals surface area contributed by atoms with E-state index in [0.717, 1.165) is 4.34 Å². The summed E-state index contributed by atoms with van der Waals surface area (Å²) in [6.07, 6.45) is 0. The quantitative estimate of drug-likeness (QED) is 0.646. The van der Waals surface area contributed by atoms with Crippen molar-refractivity contribution in [2.45, 2.75) is 30.4 Å². The van der Waals surface area contributed by atoms with Crippen molar-refractivity contribution in [3.05, 3.63) is 35.3 Å². The van der Waals surface area contributed by atoms with Crippen LogP contribution in [0.4, 0.5) is 5.69 Å². The van der Waals surface area contributed by atoms with Gasteiger partial charge in [-0.05, 0) is 31.2 Å². The molecular formula is C15H17N3O2S2. The van der Waals surface area contributed by atoms with Crippen LogP contribution in [0.25, 0.3) is 0 Å². The first-order valence-corrected chi connectivity index (χ1v) is 8.61. The van der Waals surface area contributed by atoms with Crippen molar-refractivity contribution in [3.8, 4) is 0 Å². The Balaban J connectivity index is 2.00. The van der Waals surface area contributed by atoms with Gasteiger partial charge in [-0.15, -0.1) is 10.2 Å². The van der Waals surface area contributed by atoms with Gasteiger partial charge in [0.2, 0.25) is 5.91 Å². The zero-order chi connectivity index (χ0) is 16.1. The van der Waals surface area contributed by atoms with Crippen LogP contribution in [0.2, 0.25) is 0 Å². The van der Waals surface area contributed by atoms with Crippen molar-refractivity contribution >= 4 is 40.5 Å². The highest BCUT2D eigenvalue weighted by atomic mass is 32.2. The van der Waals surface area contributed by atoms with Gasteiger partial charge in [0, 0.05) is 17.2 Å². The molecule has 0 saturated heterocycles. The highest BCUT2D eigenvalue weighted by molar-refractivity contribution is 8.02. The van der Waals surface area contributed by atoms with Crippen LogP contribution in [0.15, 0.2) is 34.1 Å². The minimum atomic E-state index is -0.232. The molecule has 1 atom stereocenters. The smallest absolute Gasteiger partial charge is 0.226 e. The molecule has 0 unspecified atom stereocenters. The molecule has 0 spiro atoms. The van der Waals surface area contributed by atoms with Gasteiger partial charge in [-0.1, -0.05) is 36.9 Å². The fraction of sp³-hybridized carbons (Fsp3) is 0.333. The molecular weight excluding hydrogens is 318 g/mol. The summed E-state index contributed by atoms with van der Waals surface area (Å²) in [5.41, 5.74) is 2.96. The zero-order valence-electron chi connectivity index (χ0n) is 12.6. The molecule has 1 amide bonds. The van der Waals surface area contributed by atoms with E-state index in [2.05, 4.69) is 15.5 Å². The van der Waals surface area contributed by atoms with Crippen molar-refractivity contribution in [1.82, 2.24) is 10.2 Å². The number of nitrogens with zero attached hydrogens (tertiary/aromatic N) is 2. The van der Waals surface area contributed by atoms with Crippen LogP contribution in [0.5, 0.6) is 0 Å². The summed E-state index contributed by atoms with van der Waals surface area (Å²) in [5, 5.41) is 10.3. The van der Waals surface area contributed by atoms with Gasteiger partial charge < -0.3 is 5.32 Å². The molecule has 1 N–H and O–H groups in total. The molecule has 2 aromatic rings. The Morgan fingerprint density at radius 3 is 2.41 bits per heavy atom. The van der Waals surface area contributed by atoms with E-state index in [9.17, 15) is 9.59 Å². The molecule has 1 aromatic heterocycles. The molecule has 0 fully saturated rings. The van der Waals surface area contributed by atoms with E-state index >= 15 is 0 Å². The number of benzene rings is 1. The standard InChI is InChI=1S/C15H17N3O2S2/c1-9(2)14(20)17-12-6-4-11(5-7-12)13(19)10(3)22-15-18-16-8-21-15/h4-10H,1-3H3,(H,17,20)/t10-/m1/s1. The summed E-state index contributed by atoms with van der Waals surface area (Å²) < 4.78 is 0.779. The third kappa shape index (κ3) is 4.38. The lowest BCUT2D eigenvalue weighted by Gasteiger charge is -2.10. The van der Waals surface area contributed by atoms with Crippen molar-refractivity contribution in [3.63, 3.8) is 0 Å². The summed E-state index contributed by atoms with van der Waals surface area (Å²) in [6, 6.07) is 6.95. The number of amides is 1. The molecule has 7 heteroatoms. The highest BCUT2D eigenvalue weighted by Gasteiger charge is 2.18. The van der Waals surface area contributed by atoms with Gasteiger partial charge in [0.15, 0.2) is 10.1 Å². The molecule has 5 nitrogen and oxygen atoms in total. The minimum absolute atomic E-state index is 0.0296. The number of aromatic nitrogens is 2. The first-order chi connectivity index (χ1) is 10.5. The van der Waals surface area contributed by atoms with E-state index in [1.165, 1.54) is 23.1 Å². The van der Waals surface area contributed by atoms with Crippen LogP contribution < -0.4 is 5.32 Å². The molecule has 0 aliphatic carbocycles. The Morgan fingerprint density at radius 2 is 1.86 bits per heavy atom. The third-order valence-electron chi connectivity index (χ3n) is 2.95. The van der Waals surface area contributed by atoms with Crippen LogP contribution >= 0.6 is 23.1 Å². The van der Waals surface area contributed by atoms with E-state index < -0.39 is 0 Å². The maximum Gasteiger partial charge on any atom is 0.226 e. The maximum atomic E-state index is 12.4. The lowest BCUT2D eigenvalue weighted by molar-refractivity contribution is -0.118. The SMILES string of the molecule is CC(C)C(=O)Nc1ccc(C(=O)[C@@H](C)Sc2nncs2)cc1. The Bertz CT molecular complexity index is 639.